The Morgan fingerprint density at radius 2 is 1.91 bits per heavy atom. The van der Waals surface area contributed by atoms with Crippen molar-refractivity contribution in [1.82, 2.24) is 15.6 Å². The normalized spacial score (nSPS) is 11.8. The molecule has 0 unspecified atom stereocenters. The highest BCUT2D eigenvalue weighted by Crippen LogP contribution is 2.24. The lowest BCUT2D eigenvalue weighted by molar-refractivity contribution is -0.120. The van der Waals surface area contributed by atoms with Gasteiger partial charge in [0.2, 0.25) is 5.91 Å². The quantitative estimate of drug-likeness (QED) is 0.889. The van der Waals surface area contributed by atoms with Gasteiger partial charge in [-0.05, 0) is 32.9 Å². The number of benzene rings is 1. The number of carbonyl (C=O) groups is 2. The molecule has 22 heavy (non-hydrogen) atoms. The topological polar surface area (TPSA) is 71.1 Å². The Hall–Kier alpha value is -2.21. The number of thiazole rings is 1. The fourth-order valence-corrected chi connectivity index (χ4v) is 3.09. The Morgan fingerprint density at radius 1 is 1.23 bits per heavy atom. The molecule has 1 heterocycles. The van der Waals surface area contributed by atoms with Gasteiger partial charge in [0.15, 0.2) is 0 Å². The molecule has 1 aromatic heterocycles. The van der Waals surface area contributed by atoms with Crippen molar-refractivity contribution in [3.63, 3.8) is 0 Å². The van der Waals surface area contributed by atoms with Gasteiger partial charge in [0.05, 0.1) is 23.3 Å². The third-order valence-corrected chi connectivity index (χ3v) is 4.41. The summed E-state index contributed by atoms with van der Waals surface area (Å²) in [4.78, 5) is 29.2. The summed E-state index contributed by atoms with van der Waals surface area (Å²) in [6, 6.07) is 8.70. The minimum absolute atomic E-state index is 0.0467. The van der Waals surface area contributed by atoms with Gasteiger partial charge in [-0.1, -0.05) is 18.2 Å². The van der Waals surface area contributed by atoms with Crippen molar-refractivity contribution in [3.05, 3.63) is 51.5 Å². The average molecular weight is 317 g/mol. The summed E-state index contributed by atoms with van der Waals surface area (Å²) in [5, 5.41) is 6.46. The molecule has 0 radical (unpaired) electrons. The van der Waals surface area contributed by atoms with Gasteiger partial charge in [-0.3, -0.25) is 9.59 Å². The Balaban J connectivity index is 1.85. The molecule has 0 aliphatic rings. The number of nitrogens with zero attached hydrogens (tertiary/aromatic N) is 1. The maximum absolute atomic E-state index is 11.9. The summed E-state index contributed by atoms with van der Waals surface area (Å²) >= 11 is 1.57. The van der Waals surface area contributed by atoms with E-state index in [-0.39, 0.29) is 24.4 Å². The molecule has 2 aromatic rings. The predicted molar refractivity (Wildman–Crippen MR) is 86.9 cm³/mol. The second kappa shape index (κ2) is 7.17. The van der Waals surface area contributed by atoms with Crippen molar-refractivity contribution in [3.8, 4) is 0 Å². The molecule has 2 amide bonds. The lowest BCUT2D eigenvalue weighted by Gasteiger charge is -2.13. The lowest BCUT2D eigenvalue weighted by Crippen LogP contribution is -2.38. The van der Waals surface area contributed by atoms with Crippen LogP contribution in [0.4, 0.5) is 0 Å². The zero-order valence-electron chi connectivity index (χ0n) is 12.8. The second-order valence-corrected chi connectivity index (χ2v) is 6.26. The van der Waals surface area contributed by atoms with Gasteiger partial charge >= 0.3 is 0 Å². The summed E-state index contributed by atoms with van der Waals surface area (Å²) in [6.45, 7) is 5.74. The van der Waals surface area contributed by atoms with Crippen molar-refractivity contribution in [2.24, 2.45) is 0 Å². The number of aryl methyl sites for hydroxylation is 2. The Kier molecular flexibility index (Phi) is 5.27. The van der Waals surface area contributed by atoms with Crippen molar-refractivity contribution in [2.45, 2.75) is 26.8 Å². The standard InChI is InChI=1S/C16H19N3O2S/c1-10-15(22-12(3)18-10)11(2)19-14(20)9-17-16(21)13-7-5-4-6-8-13/h4-8,11H,9H2,1-3H3,(H,17,21)(H,19,20)/t11-/m1/s1. The SMILES string of the molecule is Cc1nc(C)c([C@@H](C)NC(=O)CNC(=O)c2ccccc2)s1. The molecule has 0 fully saturated rings. The first-order chi connectivity index (χ1) is 10.5. The molecule has 2 rings (SSSR count). The Morgan fingerprint density at radius 3 is 2.50 bits per heavy atom. The van der Waals surface area contributed by atoms with Gasteiger partial charge in [-0.25, -0.2) is 4.98 Å². The molecule has 5 nitrogen and oxygen atoms in total. The third kappa shape index (κ3) is 4.14. The maximum Gasteiger partial charge on any atom is 0.251 e. The number of hydrogen-bond acceptors (Lipinski definition) is 4. The molecule has 0 saturated carbocycles. The fraction of sp³-hybridized carbons (Fsp3) is 0.312. The summed E-state index contributed by atoms with van der Waals surface area (Å²) in [5.74, 6) is -0.476. The molecule has 0 aliphatic carbocycles. The van der Waals surface area contributed by atoms with Crippen LogP contribution < -0.4 is 10.6 Å². The average Bonchev–Trinajstić information content (AvgIpc) is 2.84. The van der Waals surface area contributed by atoms with Crippen molar-refractivity contribution >= 4 is 23.2 Å². The Bertz CT molecular complexity index is 667. The minimum atomic E-state index is -0.256. The maximum atomic E-state index is 11.9. The van der Waals surface area contributed by atoms with Crippen molar-refractivity contribution < 1.29 is 9.59 Å². The van der Waals surface area contributed by atoms with Gasteiger partial charge in [-0.15, -0.1) is 11.3 Å². The first-order valence-electron chi connectivity index (χ1n) is 7.04. The zero-order valence-corrected chi connectivity index (χ0v) is 13.7. The monoisotopic (exact) mass is 317 g/mol. The number of rotatable bonds is 5. The van der Waals surface area contributed by atoms with Crippen LogP contribution in [0.3, 0.4) is 0 Å². The number of aromatic nitrogens is 1. The molecule has 0 bridgehead atoms. The first-order valence-corrected chi connectivity index (χ1v) is 7.85. The van der Waals surface area contributed by atoms with Crippen LogP contribution in [0.1, 0.15) is 38.9 Å². The molecule has 2 N–H and O–H groups in total. The summed E-state index contributed by atoms with van der Waals surface area (Å²) in [6.07, 6.45) is 0. The van der Waals surface area contributed by atoms with Crippen LogP contribution >= 0.6 is 11.3 Å². The van der Waals surface area contributed by atoms with E-state index < -0.39 is 0 Å². The molecule has 116 valence electrons. The van der Waals surface area contributed by atoms with Gasteiger partial charge in [0.1, 0.15) is 0 Å². The lowest BCUT2D eigenvalue weighted by atomic mass is 10.2. The molecule has 6 heteroatoms. The molecular weight excluding hydrogens is 298 g/mol. The number of amides is 2. The highest BCUT2D eigenvalue weighted by molar-refractivity contribution is 7.11. The number of nitrogens with one attached hydrogen (secondary N) is 2. The largest absolute Gasteiger partial charge is 0.347 e. The van der Waals surface area contributed by atoms with Crippen LogP contribution in [0.25, 0.3) is 0 Å². The van der Waals surface area contributed by atoms with Crippen LogP contribution in [0.5, 0.6) is 0 Å². The number of hydrogen-bond donors (Lipinski definition) is 2. The minimum Gasteiger partial charge on any atom is -0.347 e. The molecule has 0 saturated heterocycles. The van der Waals surface area contributed by atoms with E-state index >= 15 is 0 Å². The zero-order chi connectivity index (χ0) is 16.1. The van der Waals surface area contributed by atoms with Gasteiger partial charge in [-0.2, -0.15) is 0 Å². The first kappa shape index (κ1) is 16.2. The highest BCUT2D eigenvalue weighted by atomic mass is 32.1. The summed E-state index contributed by atoms with van der Waals surface area (Å²) < 4.78 is 0. The van der Waals surface area contributed by atoms with E-state index in [0.29, 0.717) is 5.56 Å². The molecule has 0 aliphatic heterocycles. The molecule has 1 atom stereocenters. The van der Waals surface area contributed by atoms with Crippen LogP contribution in [0, 0.1) is 13.8 Å². The van der Waals surface area contributed by atoms with E-state index in [1.54, 1.807) is 35.6 Å². The smallest absolute Gasteiger partial charge is 0.251 e. The predicted octanol–water partition coefficient (Wildman–Crippen LogP) is 2.37. The summed E-state index contributed by atoms with van der Waals surface area (Å²) in [7, 11) is 0. The Labute approximate surface area is 133 Å². The van der Waals surface area contributed by atoms with Crippen molar-refractivity contribution in [2.75, 3.05) is 6.54 Å². The van der Waals surface area contributed by atoms with E-state index in [9.17, 15) is 9.59 Å². The molecule has 0 spiro atoms. The van der Waals surface area contributed by atoms with Gasteiger partial charge in [0, 0.05) is 10.4 Å². The number of carbonyl (C=O) groups excluding carboxylic acids is 2. The van der Waals surface area contributed by atoms with Crippen LogP contribution in [0.15, 0.2) is 30.3 Å². The molecule has 1 aromatic carbocycles. The molecular formula is C16H19N3O2S. The van der Waals surface area contributed by atoms with Crippen LogP contribution in [-0.4, -0.2) is 23.3 Å². The van der Waals surface area contributed by atoms with Crippen molar-refractivity contribution in [1.29, 1.82) is 0 Å². The highest BCUT2D eigenvalue weighted by Gasteiger charge is 2.15. The van der Waals surface area contributed by atoms with Gasteiger partial charge < -0.3 is 10.6 Å². The van der Waals surface area contributed by atoms with E-state index in [0.717, 1.165) is 15.6 Å². The second-order valence-electron chi connectivity index (χ2n) is 5.02. The van der Waals surface area contributed by atoms with Crippen LogP contribution in [0.2, 0.25) is 0 Å². The summed E-state index contributed by atoms with van der Waals surface area (Å²) in [5.41, 5.74) is 1.47. The third-order valence-electron chi connectivity index (χ3n) is 3.16. The van der Waals surface area contributed by atoms with Gasteiger partial charge in [0.25, 0.3) is 5.91 Å². The van der Waals surface area contributed by atoms with E-state index in [4.69, 9.17) is 0 Å². The van der Waals surface area contributed by atoms with E-state index in [1.807, 2.05) is 26.8 Å². The van der Waals surface area contributed by atoms with E-state index in [1.165, 1.54) is 0 Å². The fourth-order valence-electron chi connectivity index (χ4n) is 2.16. The van der Waals surface area contributed by atoms with Crippen LogP contribution in [-0.2, 0) is 4.79 Å². The van der Waals surface area contributed by atoms with E-state index in [2.05, 4.69) is 15.6 Å².